The zero-order chi connectivity index (χ0) is 17.4. The fourth-order valence-electron chi connectivity index (χ4n) is 1.91. The second kappa shape index (κ2) is 9.11. The third-order valence-corrected chi connectivity index (χ3v) is 3.65. The van der Waals surface area contributed by atoms with Crippen LogP contribution in [-0.4, -0.2) is 38.6 Å². The van der Waals surface area contributed by atoms with Gasteiger partial charge < -0.3 is 10.1 Å². The molecule has 1 heterocycles. The number of hydrogen-bond acceptors (Lipinski definition) is 6. The molecule has 0 fully saturated rings. The molecule has 24 heavy (non-hydrogen) atoms. The van der Waals surface area contributed by atoms with E-state index in [1.54, 1.807) is 28.9 Å². The Kier molecular flexibility index (Phi) is 6.86. The molecule has 2 rings (SSSR count). The highest BCUT2D eigenvalue weighted by atomic mass is 79.9. The summed E-state index contributed by atoms with van der Waals surface area (Å²) in [5.74, 6) is -0.150. The van der Waals surface area contributed by atoms with E-state index in [2.05, 4.69) is 36.8 Å². The van der Waals surface area contributed by atoms with E-state index in [0.717, 1.165) is 10.9 Å². The smallest absolute Gasteiger partial charge is 0.308 e. The summed E-state index contributed by atoms with van der Waals surface area (Å²) in [6.45, 7) is 2.90. The summed E-state index contributed by atoms with van der Waals surface area (Å²) in [6.07, 6.45) is 0.964. The van der Waals surface area contributed by atoms with E-state index in [1.165, 1.54) is 0 Å². The fourth-order valence-corrected chi connectivity index (χ4v) is 2.18. The minimum atomic E-state index is -0.419. The Bertz CT molecular complexity index is 687. The van der Waals surface area contributed by atoms with Crippen molar-refractivity contribution in [3.8, 4) is 0 Å². The zero-order valence-electron chi connectivity index (χ0n) is 13.2. The second-order valence-electron chi connectivity index (χ2n) is 4.99. The van der Waals surface area contributed by atoms with Gasteiger partial charge in [0.05, 0.1) is 6.42 Å². The van der Waals surface area contributed by atoms with Gasteiger partial charge in [0, 0.05) is 23.1 Å². The van der Waals surface area contributed by atoms with Gasteiger partial charge in [-0.2, -0.15) is 0 Å². The van der Waals surface area contributed by atoms with Crippen molar-refractivity contribution >= 4 is 27.8 Å². The van der Waals surface area contributed by atoms with E-state index >= 15 is 0 Å². The van der Waals surface area contributed by atoms with Gasteiger partial charge in [0.2, 0.25) is 0 Å². The van der Waals surface area contributed by atoms with Crippen LogP contribution in [0.15, 0.2) is 28.7 Å². The van der Waals surface area contributed by atoms with Crippen LogP contribution in [-0.2, 0) is 22.7 Å². The number of halogens is 1. The van der Waals surface area contributed by atoms with Crippen LogP contribution in [0.4, 0.5) is 0 Å². The lowest BCUT2D eigenvalue weighted by molar-refractivity contribution is -0.145. The van der Waals surface area contributed by atoms with E-state index in [1.807, 2.05) is 6.92 Å². The maximum absolute atomic E-state index is 11.9. The number of nitrogens with one attached hydrogen (secondary N) is 1. The van der Waals surface area contributed by atoms with Crippen LogP contribution < -0.4 is 5.32 Å². The molecule has 0 spiro atoms. The van der Waals surface area contributed by atoms with Gasteiger partial charge >= 0.3 is 5.97 Å². The molecule has 1 N–H and O–H groups in total. The molecule has 0 radical (unpaired) electrons. The summed E-state index contributed by atoms with van der Waals surface area (Å²) in [4.78, 5) is 23.6. The van der Waals surface area contributed by atoms with Crippen LogP contribution in [0.2, 0.25) is 0 Å². The van der Waals surface area contributed by atoms with E-state index in [4.69, 9.17) is 4.74 Å². The summed E-state index contributed by atoms with van der Waals surface area (Å²) < 4.78 is 7.61. The summed E-state index contributed by atoms with van der Waals surface area (Å²) in [6, 6.07) is 6.96. The highest BCUT2D eigenvalue weighted by Gasteiger charge is 2.10. The van der Waals surface area contributed by atoms with Crippen molar-refractivity contribution in [3.05, 3.63) is 40.1 Å². The first-order valence-electron chi connectivity index (χ1n) is 7.54. The molecular formula is C15H18BrN5O3. The number of amides is 1. The lowest BCUT2D eigenvalue weighted by Gasteiger charge is -2.07. The molecule has 9 heteroatoms. The van der Waals surface area contributed by atoms with Crippen LogP contribution in [0.25, 0.3) is 0 Å². The van der Waals surface area contributed by atoms with Crippen LogP contribution in [0.1, 0.15) is 35.9 Å². The van der Waals surface area contributed by atoms with Gasteiger partial charge in [0.1, 0.15) is 0 Å². The molecule has 0 bridgehead atoms. The topological polar surface area (TPSA) is 99.0 Å². The van der Waals surface area contributed by atoms with Crippen molar-refractivity contribution in [1.82, 2.24) is 25.5 Å². The van der Waals surface area contributed by atoms with E-state index in [-0.39, 0.29) is 25.5 Å². The lowest BCUT2D eigenvalue weighted by atomic mass is 10.2. The van der Waals surface area contributed by atoms with Gasteiger partial charge in [-0.05, 0) is 41.1 Å². The highest BCUT2D eigenvalue weighted by Crippen LogP contribution is 2.10. The number of carbonyl (C=O) groups excluding carboxylic acids is 2. The Morgan fingerprint density at radius 3 is 2.75 bits per heavy atom. The number of tetrazole rings is 1. The number of hydrogen-bond donors (Lipinski definition) is 1. The zero-order valence-corrected chi connectivity index (χ0v) is 14.8. The molecule has 8 nitrogen and oxygen atoms in total. The van der Waals surface area contributed by atoms with Gasteiger partial charge in [-0.1, -0.05) is 22.9 Å². The first-order valence-corrected chi connectivity index (χ1v) is 8.34. The molecule has 0 unspecified atom stereocenters. The normalized spacial score (nSPS) is 10.4. The molecule has 0 saturated carbocycles. The van der Waals surface area contributed by atoms with E-state index in [9.17, 15) is 9.59 Å². The monoisotopic (exact) mass is 395 g/mol. The van der Waals surface area contributed by atoms with Crippen LogP contribution >= 0.6 is 15.9 Å². The second-order valence-corrected chi connectivity index (χ2v) is 5.91. The predicted octanol–water partition coefficient (Wildman–Crippen LogP) is 1.71. The van der Waals surface area contributed by atoms with Crippen molar-refractivity contribution in [2.75, 3.05) is 6.54 Å². The number of aryl methyl sites for hydroxylation is 1. The van der Waals surface area contributed by atoms with Crippen molar-refractivity contribution in [1.29, 1.82) is 0 Å². The van der Waals surface area contributed by atoms with Crippen molar-refractivity contribution < 1.29 is 14.3 Å². The fraction of sp³-hybridized carbons (Fsp3) is 0.400. The third-order valence-electron chi connectivity index (χ3n) is 3.12. The largest absolute Gasteiger partial charge is 0.457 e. The van der Waals surface area contributed by atoms with Crippen molar-refractivity contribution in [2.45, 2.75) is 32.9 Å². The molecule has 128 valence electrons. The number of aromatic nitrogens is 4. The molecule has 0 saturated heterocycles. The molecule has 0 aliphatic rings. The summed E-state index contributed by atoms with van der Waals surface area (Å²) in [5.41, 5.74) is 0.533. The number of esters is 1. The average Bonchev–Trinajstić information content (AvgIpc) is 3.01. The van der Waals surface area contributed by atoms with Crippen LogP contribution in [0.3, 0.4) is 0 Å². The van der Waals surface area contributed by atoms with E-state index in [0.29, 0.717) is 17.9 Å². The van der Waals surface area contributed by atoms with Crippen molar-refractivity contribution in [3.63, 3.8) is 0 Å². The molecular weight excluding hydrogens is 378 g/mol. The highest BCUT2D eigenvalue weighted by molar-refractivity contribution is 9.10. The Labute approximate surface area is 147 Å². The van der Waals surface area contributed by atoms with Gasteiger partial charge in [-0.3, -0.25) is 9.59 Å². The molecule has 0 aliphatic heterocycles. The number of carbonyl (C=O) groups is 2. The van der Waals surface area contributed by atoms with Crippen LogP contribution in [0, 0.1) is 0 Å². The Morgan fingerprint density at radius 2 is 2.04 bits per heavy atom. The summed E-state index contributed by atoms with van der Waals surface area (Å²) >= 11 is 3.31. The predicted molar refractivity (Wildman–Crippen MR) is 89.0 cm³/mol. The molecule has 1 aromatic heterocycles. The first kappa shape index (κ1) is 18.1. The molecule has 2 aromatic rings. The number of rotatable bonds is 8. The Hall–Kier alpha value is -2.29. The quantitative estimate of drug-likeness (QED) is 0.682. The van der Waals surface area contributed by atoms with Gasteiger partial charge in [0.25, 0.3) is 5.91 Å². The Balaban J connectivity index is 1.70. The van der Waals surface area contributed by atoms with Gasteiger partial charge in [0.15, 0.2) is 12.4 Å². The lowest BCUT2D eigenvalue weighted by Crippen LogP contribution is -2.26. The molecule has 0 atom stereocenters. The number of nitrogens with zero attached hydrogens (tertiary/aromatic N) is 4. The maximum Gasteiger partial charge on any atom is 0.308 e. The minimum Gasteiger partial charge on any atom is -0.457 e. The summed E-state index contributed by atoms with van der Waals surface area (Å²) in [7, 11) is 0. The molecule has 1 aromatic carbocycles. The SMILES string of the molecule is CCCn1nnnc1COC(=O)CCNC(=O)c1ccc(Br)cc1. The summed E-state index contributed by atoms with van der Waals surface area (Å²) in [5, 5.41) is 13.9. The van der Waals surface area contributed by atoms with Crippen LogP contribution in [0.5, 0.6) is 0 Å². The standard InChI is InChI=1S/C15H18BrN5O3/c1-2-9-21-13(18-19-20-21)10-24-14(22)7-8-17-15(23)11-3-5-12(16)6-4-11/h3-6H,2,7-10H2,1H3,(H,17,23). The maximum atomic E-state index is 11.9. The number of benzene rings is 1. The molecule has 0 aliphatic carbocycles. The number of ether oxygens (including phenoxy) is 1. The minimum absolute atomic E-state index is 0.0203. The van der Waals surface area contributed by atoms with Crippen molar-refractivity contribution in [2.24, 2.45) is 0 Å². The first-order chi connectivity index (χ1) is 11.6. The molecule has 1 amide bonds. The van der Waals surface area contributed by atoms with Gasteiger partial charge in [-0.15, -0.1) is 5.10 Å². The Morgan fingerprint density at radius 1 is 1.29 bits per heavy atom. The van der Waals surface area contributed by atoms with Gasteiger partial charge in [-0.25, -0.2) is 4.68 Å². The van der Waals surface area contributed by atoms with E-state index < -0.39 is 5.97 Å². The average molecular weight is 396 g/mol. The third kappa shape index (κ3) is 5.41.